The third-order valence-corrected chi connectivity index (χ3v) is 30.1. The SMILES string of the molecule is CC(C)CCC(O)[C@@H](C)[C@H]1CC[C@H]2[C@@H]3CC=C4C[C@@](C)(O)CC[C@@H]4[C@H]3CC[C@]12C.CC(C)CC[C@@H](O)[C@@H](C)[C@H]1CC[C@H]2[C@@H]3CC=C4C[C@@](C)(O)CC[C@@H]4[C@H]3CC[C@]12C.[CH2+]C(C)CC[C@H](O)[C@@H](C)[C@H]1CC[C@H]2[C@@H]3CC=C4C[C@@](C)(O)CC[C@@H]4[C@H]3CC[C@]12C. The van der Waals surface area contributed by atoms with Gasteiger partial charge in [0.25, 0.3) is 0 Å². The standard InChI is InChI=1S/2C27H46O2.C27H45O2/c3*1-17(2)6-11-25(28)18(3)23-9-10-24-22-8-7-19-16-26(4,29)14-12-20(19)21(22)13-15-27(23,24)5/h2*7,17-18,20-25,28-29H,6,8-16H2,1-5H3;7,17-18,20-25,28-29H,1,6,8-16H2,2-5H3/q;;+1/t18-,20-,21+,22+,23+,24-,25?,26-,27+;18-,20-,21+,22+,23+,24-,25+,26-,27+;17?,18-,20-,21+,22+,23+,24-,25-,26-,27+/m000/s1. The van der Waals surface area contributed by atoms with Crippen LogP contribution in [0.4, 0.5) is 0 Å². The van der Waals surface area contributed by atoms with Gasteiger partial charge in [-0.3, -0.25) is 0 Å². The van der Waals surface area contributed by atoms with Crippen LogP contribution in [0.2, 0.25) is 0 Å². The Morgan fingerprint density at radius 3 is 0.908 bits per heavy atom. The van der Waals surface area contributed by atoms with Crippen LogP contribution >= 0.6 is 0 Å². The summed E-state index contributed by atoms with van der Waals surface area (Å²) >= 11 is 0. The molecule has 87 heavy (non-hydrogen) atoms. The summed E-state index contributed by atoms with van der Waals surface area (Å²) in [5.74, 6) is 14.9. The van der Waals surface area contributed by atoms with E-state index in [2.05, 4.69) is 101 Å². The van der Waals surface area contributed by atoms with Crippen LogP contribution in [-0.4, -0.2) is 65.8 Å². The molecular formula is C81H137O6+. The molecule has 2 unspecified atom stereocenters. The lowest BCUT2D eigenvalue weighted by molar-refractivity contribution is -0.0538. The molecule has 12 aliphatic carbocycles. The van der Waals surface area contributed by atoms with Gasteiger partial charge in [0.15, 0.2) is 0 Å². The van der Waals surface area contributed by atoms with Crippen molar-refractivity contribution in [1.29, 1.82) is 0 Å². The van der Waals surface area contributed by atoms with Gasteiger partial charge in [0, 0.05) is 0 Å². The van der Waals surface area contributed by atoms with Crippen molar-refractivity contribution in [3.63, 3.8) is 0 Å². The van der Waals surface area contributed by atoms with E-state index in [0.717, 1.165) is 148 Å². The van der Waals surface area contributed by atoms with Crippen molar-refractivity contribution in [2.24, 2.45) is 141 Å². The highest BCUT2D eigenvalue weighted by Crippen LogP contribution is 2.69. The lowest BCUT2D eigenvalue weighted by atomic mass is 9.50. The average molecular weight is 1210 g/mol. The topological polar surface area (TPSA) is 121 Å². The molecule has 12 aliphatic rings. The van der Waals surface area contributed by atoms with Crippen molar-refractivity contribution in [2.75, 3.05) is 0 Å². The Morgan fingerprint density at radius 1 is 0.368 bits per heavy atom. The van der Waals surface area contributed by atoms with Gasteiger partial charge < -0.3 is 30.6 Å². The first-order valence-electron chi connectivity index (χ1n) is 38.0. The van der Waals surface area contributed by atoms with Crippen molar-refractivity contribution in [3.8, 4) is 0 Å². The molecule has 0 aromatic heterocycles. The Morgan fingerprint density at radius 2 is 0.644 bits per heavy atom. The zero-order valence-corrected chi connectivity index (χ0v) is 58.7. The smallest absolute Gasteiger partial charge is 0.0925 e. The van der Waals surface area contributed by atoms with Crippen LogP contribution in [0.25, 0.3) is 0 Å². The Hall–Kier alpha value is -1.15. The zero-order chi connectivity index (χ0) is 62.9. The maximum atomic E-state index is 10.9. The second-order valence-corrected chi connectivity index (χ2v) is 36.9. The molecule has 9 saturated carbocycles. The maximum absolute atomic E-state index is 10.9. The Kier molecular flexibility index (Phi) is 21.3. The van der Waals surface area contributed by atoms with Crippen LogP contribution in [0.1, 0.15) is 290 Å². The fourth-order valence-corrected chi connectivity index (χ4v) is 25.2. The first-order chi connectivity index (χ1) is 40.9. The third-order valence-electron chi connectivity index (χ3n) is 30.1. The molecule has 0 bridgehead atoms. The normalized spacial score (nSPS) is 46.8. The molecule has 0 radical (unpaired) electrons. The van der Waals surface area contributed by atoms with Crippen LogP contribution in [0, 0.1) is 147 Å². The molecular weight excluding hydrogens is 1070 g/mol. The van der Waals surface area contributed by atoms with E-state index in [1.807, 2.05) is 20.8 Å². The average Bonchev–Trinajstić information content (AvgIpc) is 1.73. The van der Waals surface area contributed by atoms with E-state index in [9.17, 15) is 30.6 Å². The summed E-state index contributed by atoms with van der Waals surface area (Å²) in [7, 11) is 0. The number of rotatable bonds is 15. The van der Waals surface area contributed by atoms with Gasteiger partial charge in [-0.25, -0.2) is 0 Å². The molecule has 0 aromatic carbocycles. The number of hydrogen-bond acceptors (Lipinski definition) is 6. The highest BCUT2D eigenvalue weighted by atomic mass is 16.3. The third kappa shape index (κ3) is 14.2. The van der Waals surface area contributed by atoms with Gasteiger partial charge in [0.05, 0.1) is 48.0 Å². The van der Waals surface area contributed by atoms with Crippen molar-refractivity contribution >= 4 is 0 Å². The van der Waals surface area contributed by atoms with Gasteiger partial charge in [0.2, 0.25) is 0 Å². The highest BCUT2D eigenvalue weighted by molar-refractivity contribution is 5.25. The van der Waals surface area contributed by atoms with Crippen molar-refractivity contribution in [2.45, 2.75) is 325 Å². The first-order valence-corrected chi connectivity index (χ1v) is 38.0. The van der Waals surface area contributed by atoms with E-state index >= 15 is 0 Å². The fraction of sp³-hybridized carbons (Fsp3) is 0.914. The number of aliphatic hydroxyl groups is 6. The molecule has 6 nitrogen and oxygen atoms in total. The second kappa shape index (κ2) is 26.9. The maximum Gasteiger partial charge on any atom is 0.0925 e. The number of fused-ring (bicyclic) bond motifs is 15. The Labute approximate surface area is 535 Å². The highest BCUT2D eigenvalue weighted by Gasteiger charge is 2.61. The number of hydrogen-bond donors (Lipinski definition) is 6. The molecule has 6 heteroatoms. The van der Waals surface area contributed by atoms with E-state index in [0.29, 0.717) is 69.5 Å². The summed E-state index contributed by atoms with van der Waals surface area (Å²) in [4.78, 5) is 0. The van der Waals surface area contributed by atoms with Crippen molar-refractivity contribution in [1.82, 2.24) is 0 Å². The molecule has 0 spiro atoms. The minimum absolute atomic E-state index is 0.130. The lowest BCUT2D eigenvalue weighted by Gasteiger charge is -2.55. The second-order valence-electron chi connectivity index (χ2n) is 36.9. The van der Waals surface area contributed by atoms with E-state index in [-0.39, 0.29) is 18.3 Å². The van der Waals surface area contributed by atoms with Crippen molar-refractivity contribution < 1.29 is 30.6 Å². The molecule has 0 aromatic rings. The summed E-state index contributed by atoms with van der Waals surface area (Å²) < 4.78 is 0. The largest absolute Gasteiger partial charge is 0.393 e. The Bertz CT molecular complexity index is 2120. The lowest BCUT2D eigenvalue weighted by Crippen LogP contribution is -2.48. The number of aliphatic hydroxyl groups excluding tert-OH is 3. The molecule has 28 atom stereocenters. The molecule has 496 valence electrons. The molecule has 0 amide bonds. The van der Waals surface area contributed by atoms with Crippen LogP contribution in [-0.2, 0) is 0 Å². The summed E-state index contributed by atoms with van der Waals surface area (Å²) in [6, 6.07) is 0. The predicted octanol–water partition coefficient (Wildman–Crippen LogP) is 18.9. The predicted molar refractivity (Wildman–Crippen MR) is 361 cm³/mol. The van der Waals surface area contributed by atoms with Crippen LogP contribution in [0.3, 0.4) is 0 Å². The molecule has 0 saturated heterocycles. The van der Waals surface area contributed by atoms with Gasteiger partial charge in [0.1, 0.15) is 0 Å². The molecule has 0 aliphatic heterocycles. The summed E-state index contributed by atoms with van der Waals surface area (Å²) in [6.07, 6.45) is 42.4. The van der Waals surface area contributed by atoms with E-state index in [4.69, 9.17) is 0 Å². The fourth-order valence-electron chi connectivity index (χ4n) is 25.2. The van der Waals surface area contributed by atoms with Crippen molar-refractivity contribution in [3.05, 3.63) is 41.9 Å². The molecule has 0 heterocycles. The van der Waals surface area contributed by atoms with Gasteiger partial charge >= 0.3 is 0 Å². The zero-order valence-electron chi connectivity index (χ0n) is 58.7. The summed E-state index contributed by atoms with van der Waals surface area (Å²) in [5, 5.41) is 64.5. The van der Waals surface area contributed by atoms with Crippen LogP contribution < -0.4 is 0 Å². The Balaban J connectivity index is 0.000000144. The monoisotopic (exact) mass is 1210 g/mol. The van der Waals surface area contributed by atoms with Crippen LogP contribution in [0.5, 0.6) is 0 Å². The first kappa shape index (κ1) is 68.7. The quantitative estimate of drug-likeness (QED) is 0.0718. The summed E-state index contributed by atoms with van der Waals surface area (Å²) in [6.45, 7) is 36.2. The van der Waals surface area contributed by atoms with E-state index in [1.54, 1.807) is 16.7 Å². The minimum Gasteiger partial charge on any atom is -0.393 e. The molecule has 9 fully saturated rings. The van der Waals surface area contributed by atoms with Gasteiger partial charge in [-0.05, 0) is 355 Å². The molecule has 12 rings (SSSR count). The minimum atomic E-state index is -0.478. The van der Waals surface area contributed by atoms with E-state index in [1.165, 1.54) is 116 Å². The van der Waals surface area contributed by atoms with Gasteiger partial charge in [-0.15, -0.1) is 0 Å². The van der Waals surface area contributed by atoms with E-state index < -0.39 is 16.8 Å². The number of allylic oxidation sites excluding steroid dienone is 3. The van der Waals surface area contributed by atoms with Crippen LogP contribution in [0.15, 0.2) is 34.9 Å². The van der Waals surface area contributed by atoms with Gasteiger partial charge in [-0.2, -0.15) is 0 Å². The van der Waals surface area contributed by atoms with Gasteiger partial charge in [-0.1, -0.05) is 104 Å². The molecule has 6 N–H and O–H groups in total. The summed E-state index contributed by atoms with van der Waals surface area (Å²) in [5.41, 5.74) is 4.56.